The molecule has 7 heteroatoms. The van der Waals surface area contributed by atoms with Gasteiger partial charge >= 0.3 is 6.03 Å². The molecule has 0 saturated carbocycles. The first-order chi connectivity index (χ1) is 15.2. The summed E-state index contributed by atoms with van der Waals surface area (Å²) in [6.45, 7) is 4.13. The summed E-state index contributed by atoms with van der Waals surface area (Å²) in [7, 11) is 0. The summed E-state index contributed by atoms with van der Waals surface area (Å²) in [4.78, 5) is 30.3. The molecule has 164 valence electrons. The molecule has 4 nitrogen and oxygen atoms in total. The number of benzene rings is 3. The summed E-state index contributed by atoms with van der Waals surface area (Å²) in [5.41, 5.74) is 2.29. The van der Waals surface area contributed by atoms with Crippen LogP contribution in [0.3, 0.4) is 0 Å². The van der Waals surface area contributed by atoms with Crippen LogP contribution in [0.5, 0.6) is 0 Å². The van der Waals surface area contributed by atoms with Gasteiger partial charge in [-0.25, -0.2) is 9.69 Å². The van der Waals surface area contributed by atoms with Gasteiger partial charge in [-0.1, -0.05) is 75.5 Å². The van der Waals surface area contributed by atoms with Crippen LogP contribution in [0, 0.1) is 6.92 Å². The van der Waals surface area contributed by atoms with Crippen LogP contribution >= 0.6 is 39.1 Å². The lowest BCUT2D eigenvalue weighted by molar-refractivity contribution is -0.124. The molecule has 0 aromatic heterocycles. The molecule has 0 radical (unpaired) electrons. The minimum absolute atomic E-state index is 0.308. The van der Waals surface area contributed by atoms with Gasteiger partial charge in [0.1, 0.15) is 5.54 Å². The number of halogens is 3. The third-order valence-corrected chi connectivity index (χ3v) is 6.80. The molecule has 32 heavy (non-hydrogen) atoms. The summed E-state index contributed by atoms with van der Waals surface area (Å²) in [6, 6.07) is 20.0. The second kappa shape index (κ2) is 8.89. The zero-order chi connectivity index (χ0) is 23.0. The Balaban J connectivity index is 1.79. The van der Waals surface area contributed by atoms with E-state index >= 15 is 0 Å². The van der Waals surface area contributed by atoms with E-state index < -0.39 is 11.6 Å². The Bertz CT molecular complexity index is 1180. The Hall–Kier alpha value is -2.34. The lowest BCUT2D eigenvalue weighted by atomic mass is 9.90. The highest BCUT2D eigenvalue weighted by Gasteiger charge is 2.54. The van der Waals surface area contributed by atoms with Gasteiger partial charge in [-0.15, -0.1) is 0 Å². The SMILES string of the molecule is Cc1ccccc1CN1C(=O)N(c2cc(Cl)cc(Cl)c2)C(=O)[C@@]1(C)Cc1ccc(Br)cc1. The molecule has 1 aliphatic rings. The second-order valence-electron chi connectivity index (χ2n) is 8.14. The van der Waals surface area contributed by atoms with Gasteiger partial charge in [0.15, 0.2) is 0 Å². The third kappa shape index (κ3) is 4.29. The lowest BCUT2D eigenvalue weighted by Gasteiger charge is -2.32. The smallest absolute Gasteiger partial charge is 0.305 e. The Morgan fingerprint density at radius 1 is 0.938 bits per heavy atom. The fraction of sp³-hybridized carbons (Fsp3) is 0.200. The van der Waals surface area contributed by atoms with Crippen molar-refractivity contribution < 1.29 is 9.59 Å². The maximum atomic E-state index is 13.8. The molecule has 1 aliphatic heterocycles. The molecular weight excluding hydrogens is 511 g/mol. The number of imide groups is 1. The predicted molar refractivity (Wildman–Crippen MR) is 132 cm³/mol. The molecule has 3 aromatic carbocycles. The molecule has 1 heterocycles. The van der Waals surface area contributed by atoms with Crippen molar-refractivity contribution in [1.82, 2.24) is 4.90 Å². The van der Waals surface area contributed by atoms with Crippen molar-refractivity contribution in [3.05, 3.63) is 97.9 Å². The fourth-order valence-electron chi connectivity index (χ4n) is 4.04. The molecule has 1 atom stereocenters. The summed E-state index contributed by atoms with van der Waals surface area (Å²) in [6.07, 6.45) is 0.377. The number of anilines is 1. The van der Waals surface area contributed by atoms with Gasteiger partial charge in [-0.3, -0.25) is 4.79 Å². The highest BCUT2D eigenvalue weighted by Crippen LogP contribution is 2.38. The van der Waals surface area contributed by atoms with E-state index in [0.29, 0.717) is 28.7 Å². The van der Waals surface area contributed by atoms with Crippen molar-refractivity contribution in [2.75, 3.05) is 4.90 Å². The fourth-order valence-corrected chi connectivity index (χ4v) is 4.82. The summed E-state index contributed by atoms with van der Waals surface area (Å²) in [5.74, 6) is -0.308. The van der Waals surface area contributed by atoms with Gasteiger partial charge in [0.25, 0.3) is 5.91 Å². The van der Waals surface area contributed by atoms with Gasteiger partial charge in [-0.05, 0) is 60.9 Å². The van der Waals surface area contributed by atoms with Crippen molar-refractivity contribution >= 4 is 56.8 Å². The van der Waals surface area contributed by atoms with E-state index in [9.17, 15) is 9.59 Å². The van der Waals surface area contributed by atoms with Crippen molar-refractivity contribution in [2.45, 2.75) is 32.4 Å². The van der Waals surface area contributed by atoms with E-state index in [2.05, 4.69) is 15.9 Å². The van der Waals surface area contributed by atoms with Crippen LogP contribution in [0.25, 0.3) is 0 Å². The average molecular weight is 532 g/mol. The van der Waals surface area contributed by atoms with E-state index in [4.69, 9.17) is 23.2 Å². The third-order valence-electron chi connectivity index (χ3n) is 5.84. The minimum Gasteiger partial charge on any atom is -0.305 e. The molecule has 4 rings (SSSR count). The highest BCUT2D eigenvalue weighted by molar-refractivity contribution is 9.10. The van der Waals surface area contributed by atoms with Crippen molar-refractivity contribution in [3.8, 4) is 0 Å². The number of urea groups is 1. The van der Waals surface area contributed by atoms with E-state index in [1.165, 1.54) is 4.90 Å². The topological polar surface area (TPSA) is 40.6 Å². The van der Waals surface area contributed by atoms with Crippen LogP contribution < -0.4 is 4.90 Å². The van der Waals surface area contributed by atoms with Crippen LogP contribution in [0.4, 0.5) is 10.5 Å². The molecule has 0 spiro atoms. The Morgan fingerprint density at radius 3 is 2.19 bits per heavy atom. The standard InChI is InChI=1S/C25H21BrCl2N2O2/c1-16-5-3-4-6-18(16)15-29-24(32)30(22-12-20(27)11-21(28)13-22)23(31)25(29,2)14-17-7-9-19(26)10-8-17/h3-13H,14-15H2,1-2H3/t25-/m1/s1. The van der Waals surface area contributed by atoms with Crippen molar-refractivity contribution in [1.29, 1.82) is 0 Å². The first-order valence-corrected chi connectivity index (χ1v) is 11.6. The van der Waals surface area contributed by atoms with Crippen LogP contribution in [-0.4, -0.2) is 22.4 Å². The molecule has 0 N–H and O–H groups in total. The van der Waals surface area contributed by atoms with Crippen molar-refractivity contribution in [2.24, 2.45) is 0 Å². The number of aryl methyl sites for hydroxylation is 1. The Kier molecular flexibility index (Phi) is 6.35. The lowest BCUT2D eigenvalue weighted by Crippen LogP contribution is -2.48. The van der Waals surface area contributed by atoms with E-state index in [0.717, 1.165) is 21.2 Å². The van der Waals surface area contributed by atoms with E-state index in [-0.39, 0.29) is 5.91 Å². The van der Waals surface area contributed by atoms with Crippen LogP contribution in [0.1, 0.15) is 23.6 Å². The molecule has 3 amide bonds. The number of hydrogen-bond donors (Lipinski definition) is 0. The molecule has 0 aliphatic carbocycles. The summed E-state index contributed by atoms with van der Waals surface area (Å²) >= 11 is 15.8. The maximum Gasteiger partial charge on any atom is 0.332 e. The molecule has 0 unspecified atom stereocenters. The van der Waals surface area contributed by atoms with Crippen molar-refractivity contribution in [3.63, 3.8) is 0 Å². The second-order valence-corrected chi connectivity index (χ2v) is 9.93. The van der Waals surface area contributed by atoms with Gasteiger partial charge in [-0.2, -0.15) is 0 Å². The summed E-state index contributed by atoms with van der Waals surface area (Å²) in [5, 5.41) is 0.722. The number of carbonyl (C=O) groups excluding carboxylic acids is 2. The number of nitrogens with zero attached hydrogens (tertiary/aromatic N) is 2. The zero-order valence-electron chi connectivity index (χ0n) is 17.6. The molecular formula is C25H21BrCl2N2O2. The predicted octanol–water partition coefficient (Wildman–Crippen LogP) is 7.03. The zero-order valence-corrected chi connectivity index (χ0v) is 20.7. The minimum atomic E-state index is -1.08. The van der Waals surface area contributed by atoms with Gasteiger partial charge in [0.05, 0.1) is 5.69 Å². The first kappa shape index (κ1) is 22.8. The van der Waals surface area contributed by atoms with E-state index in [1.54, 1.807) is 23.1 Å². The van der Waals surface area contributed by atoms with Crippen LogP contribution in [-0.2, 0) is 17.8 Å². The largest absolute Gasteiger partial charge is 0.332 e. The highest BCUT2D eigenvalue weighted by atomic mass is 79.9. The number of hydrogen-bond acceptors (Lipinski definition) is 2. The number of rotatable bonds is 5. The van der Waals surface area contributed by atoms with Crippen LogP contribution in [0.15, 0.2) is 71.2 Å². The molecule has 1 saturated heterocycles. The van der Waals surface area contributed by atoms with Gasteiger partial charge < -0.3 is 4.90 Å². The van der Waals surface area contributed by atoms with E-state index in [1.807, 2.05) is 62.4 Å². The maximum absolute atomic E-state index is 13.8. The molecule has 3 aromatic rings. The molecule has 0 bridgehead atoms. The van der Waals surface area contributed by atoms with Gasteiger partial charge in [0, 0.05) is 27.5 Å². The average Bonchev–Trinajstić information content (AvgIpc) is 2.91. The number of amides is 3. The molecule has 1 fully saturated rings. The number of carbonyl (C=O) groups is 2. The summed E-state index contributed by atoms with van der Waals surface area (Å²) < 4.78 is 0.951. The normalized spacial score (nSPS) is 18.5. The van der Waals surface area contributed by atoms with Crippen LogP contribution in [0.2, 0.25) is 10.0 Å². The first-order valence-electron chi connectivity index (χ1n) is 10.1. The Morgan fingerprint density at radius 2 is 1.56 bits per heavy atom. The Labute approximate surface area is 205 Å². The monoisotopic (exact) mass is 530 g/mol. The quantitative estimate of drug-likeness (QED) is 0.331. The van der Waals surface area contributed by atoms with Gasteiger partial charge in [0.2, 0.25) is 0 Å².